The maximum absolute atomic E-state index is 12.3. The van der Waals surface area contributed by atoms with Gasteiger partial charge in [0.05, 0.1) is 28.0 Å². The molecule has 0 unspecified atom stereocenters. The highest BCUT2D eigenvalue weighted by molar-refractivity contribution is 6.42. The molecule has 2 amide bonds. The van der Waals surface area contributed by atoms with Crippen LogP contribution >= 0.6 is 23.2 Å². The van der Waals surface area contributed by atoms with Gasteiger partial charge in [-0.3, -0.25) is 0 Å². The van der Waals surface area contributed by atoms with E-state index >= 15 is 0 Å². The van der Waals surface area contributed by atoms with Gasteiger partial charge >= 0.3 is 6.03 Å². The van der Waals surface area contributed by atoms with Crippen LogP contribution in [0.3, 0.4) is 0 Å². The number of halogens is 2. The van der Waals surface area contributed by atoms with Crippen LogP contribution in [0, 0.1) is 23.7 Å². The molecule has 0 heterocycles. The fraction of sp³-hybridized carbons (Fsp3) is 0.0417. The standard InChI is InChI=1S/C24H17Cl2N3O/c25-20-15-14-19(17-21(20)26)28-24(30)29-23-13-7-6-12-22(23)27-16-8-2-5-11-18-9-3-1-4-10-18/h1,3-4,6-7,9-10,12-15,17,27H,16H2,(H2,28,29,30). The molecule has 4 nitrogen and oxygen atoms in total. The Bertz CT molecular complexity index is 1160. The number of hydrogen-bond acceptors (Lipinski definition) is 2. The third-order valence-corrected chi connectivity index (χ3v) is 4.59. The Morgan fingerprint density at radius 1 is 0.800 bits per heavy atom. The number of urea groups is 1. The van der Waals surface area contributed by atoms with Crippen molar-refractivity contribution in [3.05, 3.63) is 88.4 Å². The van der Waals surface area contributed by atoms with E-state index in [2.05, 4.69) is 39.6 Å². The van der Waals surface area contributed by atoms with E-state index in [1.54, 1.807) is 24.3 Å². The molecule has 0 spiro atoms. The number of anilines is 3. The molecule has 3 aromatic carbocycles. The molecule has 0 aliphatic carbocycles. The van der Waals surface area contributed by atoms with Crippen molar-refractivity contribution in [3.63, 3.8) is 0 Å². The molecule has 0 bridgehead atoms. The van der Waals surface area contributed by atoms with E-state index in [-0.39, 0.29) is 0 Å². The van der Waals surface area contributed by atoms with Gasteiger partial charge in [0.25, 0.3) is 0 Å². The second kappa shape index (κ2) is 10.8. The number of carbonyl (C=O) groups excluding carboxylic acids is 1. The molecular formula is C24H17Cl2N3O. The highest BCUT2D eigenvalue weighted by Crippen LogP contribution is 2.25. The average Bonchev–Trinajstić information content (AvgIpc) is 2.75. The molecular weight excluding hydrogens is 417 g/mol. The van der Waals surface area contributed by atoms with Gasteiger partial charge in [0.2, 0.25) is 0 Å². The predicted molar refractivity (Wildman–Crippen MR) is 125 cm³/mol. The Hall–Kier alpha value is -3.57. The van der Waals surface area contributed by atoms with Crippen molar-refractivity contribution in [1.29, 1.82) is 0 Å². The van der Waals surface area contributed by atoms with Gasteiger partial charge in [-0.25, -0.2) is 4.79 Å². The number of hydrogen-bond donors (Lipinski definition) is 3. The zero-order chi connectivity index (χ0) is 21.2. The smallest absolute Gasteiger partial charge is 0.323 e. The van der Waals surface area contributed by atoms with Crippen LogP contribution in [0.5, 0.6) is 0 Å². The van der Waals surface area contributed by atoms with Crippen LogP contribution in [0.25, 0.3) is 0 Å². The molecule has 6 heteroatoms. The number of benzene rings is 3. The molecule has 0 aromatic heterocycles. The van der Waals surface area contributed by atoms with Gasteiger partial charge < -0.3 is 16.0 Å². The molecule has 30 heavy (non-hydrogen) atoms. The van der Waals surface area contributed by atoms with Crippen LogP contribution in [0.4, 0.5) is 21.9 Å². The summed E-state index contributed by atoms with van der Waals surface area (Å²) >= 11 is 11.9. The first-order valence-electron chi connectivity index (χ1n) is 9.02. The lowest BCUT2D eigenvalue weighted by molar-refractivity contribution is 0.262. The highest BCUT2D eigenvalue weighted by Gasteiger charge is 2.07. The topological polar surface area (TPSA) is 53.2 Å². The Kier molecular flexibility index (Phi) is 7.64. The number of amides is 2. The molecule has 3 rings (SSSR count). The van der Waals surface area contributed by atoms with Crippen LogP contribution in [0.15, 0.2) is 72.8 Å². The highest BCUT2D eigenvalue weighted by atomic mass is 35.5. The van der Waals surface area contributed by atoms with Gasteiger partial charge in [-0.05, 0) is 54.3 Å². The lowest BCUT2D eigenvalue weighted by Crippen LogP contribution is -2.20. The lowest BCUT2D eigenvalue weighted by atomic mass is 10.2. The van der Waals surface area contributed by atoms with Crippen molar-refractivity contribution in [1.82, 2.24) is 0 Å². The summed E-state index contributed by atoms with van der Waals surface area (Å²) in [5.41, 5.74) is 2.82. The summed E-state index contributed by atoms with van der Waals surface area (Å²) in [6, 6.07) is 21.5. The molecule has 0 aliphatic rings. The first-order valence-corrected chi connectivity index (χ1v) is 9.77. The summed E-state index contributed by atoms with van der Waals surface area (Å²) in [4.78, 5) is 12.3. The summed E-state index contributed by atoms with van der Waals surface area (Å²) in [7, 11) is 0. The third kappa shape index (κ3) is 6.50. The zero-order valence-corrected chi connectivity index (χ0v) is 17.3. The van der Waals surface area contributed by atoms with Crippen molar-refractivity contribution < 1.29 is 4.79 Å². The minimum atomic E-state index is -0.401. The number of carbonyl (C=O) groups is 1. The second-order valence-corrected chi connectivity index (χ2v) is 6.84. The summed E-state index contributed by atoms with van der Waals surface area (Å²) < 4.78 is 0. The number of nitrogens with one attached hydrogen (secondary N) is 3. The third-order valence-electron chi connectivity index (χ3n) is 3.85. The van der Waals surface area contributed by atoms with E-state index in [1.165, 1.54) is 0 Å². The quantitative estimate of drug-likeness (QED) is 0.435. The lowest BCUT2D eigenvalue weighted by Gasteiger charge is -2.12. The van der Waals surface area contributed by atoms with Crippen molar-refractivity contribution in [3.8, 4) is 23.7 Å². The minimum Gasteiger partial charge on any atom is -0.372 e. The van der Waals surface area contributed by atoms with Gasteiger partial charge in [-0.1, -0.05) is 65.4 Å². The largest absolute Gasteiger partial charge is 0.372 e. The summed E-state index contributed by atoms with van der Waals surface area (Å²) in [5.74, 6) is 11.6. The van der Waals surface area contributed by atoms with Gasteiger partial charge in [0.15, 0.2) is 0 Å². The molecule has 3 N–H and O–H groups in total. The van der Waals surface area contributed by atoms with Crippen LogP contribution in [0.2, 0.25) is 10.0 Å². The first-order chi connectivity index (χ1) is 14.6. The van der Waals surface area contributed by atoms with Crippen LogP contribution in [-0.4, -0.2) is 12.6 Å². The van der Waals surface area contributed by atoms with Crippen LogP contribution < -0.4 is 16.0 Å². The monoisotopic (exact) mass is 433 g/mol. The molecule has 0 saturated carbocycles. The Morgan fingerprint density at radius 3 is 2.30 bits per heavy atom. The summed E-state index contributed by atoms with van der Waals surface area (Å²) in [6.45, 7) is 0.385. The molecule has 148 valence electrons. The average molecular weight is 434 g/mol. The van der Waals surface area contributed by atoms with E-state index in [0.717, 1.165) is 11.3 Å². The minimum absolute atomic E-state index is 0.366. The van der Waals surface area contributed by atoms with Crippen molar-refractivity contribution in [2.75, 3.05) is 22.5 Å². The van der Waals surface area contributed by atoms with Gasteiger partial charge in [-0.15, -0.1) is 0 Å². The van der Waals surface area contributed by atoms with Crippen molar-refractivity contribution in [2.45, 2.75) is 0 Å². The molecule has 3 aromatic rings. The maximum atomic E-state index is 12.3. The van der Waals surface area contributed by atoms with Gasteiger partial charge in [0, 0.05) is 11.3 Å². The summed E-state index contributed by atoms with van der Waals surface area (Å²) in [5, 5.41) is 9.48. The SMILES string of the molecule is O=C(Nc1ccc(Cl)c(Cl)c1)Nc1ccccc1NCC#CC#Cc1ccccc1. The Morgan fingerprint density at radius 2 is 1.53 bits per heavy atom. The molecule has 0 radical (unpaired) electrons. The van der Waals surface area contributed by atoms with Crippen LogP contribution in [-0.2, 0) is 0 Å². The van der Waals surface area contributed by atoms with E-state index in [1.807, 2.05) is 48.5 Å². The summed E-state index contributed by atoms with van der Waals surface area (Å²) in [6.07, 6.45) is 0. The van der Waals surface area contributed by atoms with E-state index in [9.17, 15) is 4.79 Å². The van der Waals surface area contributed by atoms with Crippen molar-refractivity contribution >= 4 is 46.3 Å². The predicted octanol–water partition coefficient (Wildman–Crippen LogP) is 6.10. The molecule has 0 atom stereocenters. The first kappa shape index (κ1) is 21.1. The molecule has 0 aliphatic heterocycles. The van der Waals surface area contributed by atoms with Gasteiger partial charge in [0.1, 0.15) is 0 Å². The number of para-hydroxylation sites is 2. The zero-order valence-electron chi connectivity index (χ0n) is 15.8. The fourth-order valence-corrected chi connectivity index (χ4v) is 2.76. The fourth-order valence-electron chi connectivity index (χ4n) is 2.46. The molecule has 0 saturated heterocycles. The number of rotatable bonds is 4. The van der Waals surface area contributed by atoms with Gasteiger partial charge in [-0.2, -0.15) is 0 Å². The van der Waals surface area contributed by atoms with E-state index in [4.69, 9.17) is 23.2 Å². The maximum Gasteiger partial charge on any atom is 0.323 e. The normalized spacial score (nSPS) is 9.40. The second-order valence-electron chi connectivity index (χ2n) is 6.02. The van der Waals surface area contributed by atoms with E-state index < -0.39 is 6.03 Å². The molecule has 0 fully saturated rings. The van der Waals surface area contributed by atoms with Crippen LogP contribution in [0.1, 0.15) is 5.56 Å². The Balaban J connectivity index is 1.57. The van der Waals surface area contributed by atoms with Crippen molar-refractivity contribution in [2.24, 2.45) is 0 Å². The van der Waals surface area contributed by atoms with E-state index in [0.29, 0.717) is 28.0 Å². The Labute approximate surface area is 185 Å².